The van der Waals surface area contributed by atoms with Gasteiger partial charge in [0, 0.05) is 12.6 Å². The first-order chi connectivity index (χ1) is 15.3. The fourth-order valence-corrected chi connectivity index (χ4v) is 2.99. The summed E-state index contributed by atoms with van der Waals surface area (Å²) in [5.41, 5.74) is 0.248. The first-order valence-corrected chi connectivity index (χ1v) is 9.69. The van der Waals surface area contributed by atoms with Crippen LogP contribution in [0.4, 0.5) is 22.0 Å². The van der Waals surface area contributed by atoms with Crippen molar-refractivity contribution in [2.45, 2.75) is 13.8 Å². The van der Waals surface area contributed by atoms with Crippen LogP contribution in [0.25, 0.3) is 10.9 Å². The predicted molar refractivity (Wildman–Crippen MR) is 106 cm³/mol. The Kier molecular flexibility index (Phi) is 7.29. The van der Waals surface area contributed by atoms with Crippen molar-refractivity contribution in [3.8, 4) is 23.1 Å². The highest BCUT2D eigenvalue weighted by Gasteiger charge is 2.28. The molecule has 1 aromatic heterocycles. The van der Waals surface area contributed by atoms with Crippen LogP contribution in [-0.4, -0.2) is 48.2 Å². The second-order valence-corrected chi connectivity index (χ2v) is 6.58. The minimum absolute atomic E-state index is 0.115. The molecular formula is C21H20F5N3O3. The van der Waals surface area contributed by atoms with Gasteiger partial charge in [-0.25, -0.2) is 23.1 Å². The zero-order chi connectivity index (χ0) is 23.4. The molecule has 172 valence electrons. The molecule has 3 rings (SSSR count). The number of rotatable bonds is 9. The Morgan fingerprint density at radius 2 is 1.47 bits per heavy atom. The third-order valence-corrected chi connectivity index (χ3v) is 4.81. The molecule has 0 aliphatic carbocycles. The van der Waals surface area contributed by atoms with Crippen molar-refractivity contribution in [3.63, 3.8) is 0 Å². The van der Waals surface area contributed by atoms with Crippen LogP contribution in [-0.2, 0) is 0 Å². The minimum Gasteiger partial charge on any atom is -0.493 e. The van der Waals surface area contributed by atoms with Crippen molar-refractivity contribution in [1.82, 2.24) is 14.9 Å². The van der Waals surface area contributed by atoms with Crippen LogP contribution in [0.2, 0.25) is 0 Å². The SMILES string of the molecule is CCN(CC)CCOc1cc2ncnc(Oc3c(F)c(F)c(F)c(F)c3F)c2cc1OC. The van der Waals surface area contributed by atoms with Gasteiger partial charge in [0.25, 0.3) is 0 Å². The number of ether oxygens (including phenoxy) is 3. The van der Waals surface area contributed by atoms with Crippen LogP contribution in [0.3, 0.4) is 0 Å². The van der Waals surface area contributed by atoms with Gasteiger partial charge in [-0.3, -0.25) is 0 Å². The summed E-state index contributed by atoms with van der Waals surface area (Å²) in [6.45, 7) is 6.82. The largest absolute Gasteiger partial charge is 0.493 e. The molecule has 0 unspecified atom stereocenters. The lowest BCUT2D eigenvalue weighted by Gasteiger charge is -2.19. The molecule has 0 N–H and O–H groups in total. The van der Waals surface area contributed by atoms with Gasteiger partial charge in [0.1, 0.15) is 12.9 Å². The number of hydrogen-bond donors (Lipinski definition) is 0. The van der Waals surface area contributed by atoms with E-state index >= 15 is 0 Å². The first-order valence-electron chi connectivity index (χ1n) is 9.69. The first kappa shape index (κ1) is 23.5. The van der Waals surface area contributed by atoms with Crippen molar-refractivity contribution in [2.24, 2.45) is 0 Å². The molecule has 0 saturated heterocycles. The summed E-state index contributed by atoms with van der Waals surface area (Å²) in [6.07, 6.45) is 1.02. The van der Waals surface area contributed by atoms with Gasteiger partial charge < -0.3 is 19.1 Å². The molecule has 1 heterocycles. The maximum Gasteiger partial charge on any atom is 0.230 e. The van der Waals surface area contributed by atoms with E-state index in [-0.39, 0.29) is 16.7 Å². The lowest BCUT2D eigenvalue weighted by atomic mass is 10.2. The minimum atomic E-state index is -2.28. The fourth-order valence-electron chi connectivity index (χ4n) is 2.99. The van der Waals surface area contributed by atoms with Gasteiger partial charge in [0.05, 0.1) is 18.0 Å². The Balaban J connectivity index is 1.97. The molecule has 3 aromatic rings. The number of benzene rings is 2. The molecule has 0 radical (unpaired) electrons. The molecule has 0 atom stereocenters. The standard InChI is InChI=1S/C21H20F5N3O3/c1-4-29(5-2)6-7-31-14-9-12-11(8-13(14)30-3)21(28-10-27-12)32-20-18(25)16(23)15(22)17(24)19(20)26/h8-10H,4-7H2,1-3H3. The zero-order valence-corrected chi connectivity index (χ0v) is 17.5. The summed E-state index contributed by atoms with van der Waals surface area (Å²) in [6, 6.07) is 2.90. The predicted octanol–water partition coefficient (Wildman–Crippen LogP) is 4.85. The van der Waals surface area contributed by atoms with E-state index in [1.54, 1.807) is 0 Å². The van der Waals surface area contributed by atoms with Crippen molar-refractivity contribution in [2.75, 3.05) is 33.4 Å². The second kappa shape index (κ2) is 9.94. The summed E-state index contributed by atoms with van der Waals surface area (Å²) < 4.78 is 84.4. The number of aromatic nitrogens is 2. The third kappa shape index (κ3) is 4.52. The van der Waals surface area contributed by atoms with E-state index in [0.717, 1.165) is 19.4 Å². The number of nitrogens with zero attached hydrogens (tertiary/aromatic N) is 3. The monoisotopic (exact) mass is 457 g/mol. The van der Waals surface area contributed by atoms with Gasteiger partial charge in [-0.05, 0) is 19.2 Å². The average molecular weight is 457 g/mol. The van der Waals surface area contributed by atoms with Crippen LogP contribution in [0.15, 0.2) is 18.5 Å². The highest BCUT2D eigenvalue weighted by molar-refractivity contribution is 5.87. The van der Waals surface area contributed by atoms with Crippen molar-refractivity contribution >= 4 is 10.9 Å². The maximum absolute atomic E-state index is 14.0. The quantitative estimate of drug-likeness (QED) is 0.260. The zero-order valence-electron chi connectivity index (χ0n) is 17.5. The number of hydrogen-bond acceptors (Lipinski definition) is 6. The van der Waals surface area contributed by atoms with Crippen LogP contribution in [0.1, 0.15) is 13.8 Å². The van der Waals surface area contributed by atoms with E-state index in [2.05, 4.69) is 14.9 Å². The summed E-state index contributed by atoms with van der Waals surface area (Å²) in [4.78, 5) is 9.99. The molecule has 0 saturated carbocycles. The van der Waals surface area contributed by atoms with Crippen molar-refractivity contribution in [3.05, 3.63) is 47.5 Å². The van der Waals surface area contributed by atoms with E-state index in [4.69, 9.17) is 14.2 Å². The van der Waals surface area contributed by atoms with Gasteiger partial charge in [-0.1, -0.05) is 13.8 Å². The van der Waals surface area contributed by atoms with Crippen LogP contribution in [0, 0.1) is 29.1 Å². The Morgan fingerprint density at radius 3 is 2.06 bits per heavy atom. The second-order valence-electron chi connectivity index (χ2n) is 6.58. The smallest absolute Gasteiger partial charge is 0.230 e. The molecule has 2 aromatic carbocycles. The fraction of sp³-hybridized carbons (Fsp3) is 0.333. The molecule has 0 bridgehead atoms. The summed E-state index contributed by atoms with van der Waals surface area (Å²) in [5.74, 6) is -12.1. The van der Waals surface area contributed by atoms with Crippen molar-refractivity contribution < 1.29 is 36.2 Å². The molecule has 32 heavy (non-hydrogen) atoms. The van der Waals surface area contributed by atoms with E-state index in [1.165, 1.54) is 19.2 Å². The molecule has 0 fully saturated rings. The Labute approximate surface area is 180 Å². The summed E-state index contributed by atoms with van der Waals surface area (Å²) in [7, 11) is 1.38. The van der Waals surface area contributed by atoms with Gasteiger partial charge in [0.15, 0.2) is 11.5 Å². The molecule has 0 aliphatic rings. The Hall–Kier alpha value is -3.21. The van der Waals surface area contributed by atoms with Gasteiger partial charge in [-0.15, -0.1) is 0 Å². The van der Waals surface area contributed by atoms with Gasteiger partial charge in [0.2, 0.25) is 40.7 Å². The van der Waals surface area contributed by atoms with Gasteiger partial charge in [-0.2, -0.15) is 8.78 Å². The normalized spacial score (nSPS) is 11.3. The molecule has 0 spiro atoms. The topological polar surface area (TPSA) is 56.7 Å². The Morgan fingerprint density at radius 1 is 0.844 bits per heavy atom. The number of likely N-dealkylation sites (N-methyl/N-ethyl adjacent to an activating group) is 1. The maximum atomic E-state index is 14.0. The van der Waals surface area contributed by atoms with E-state index in [0.29, 0.717) is 18.9 Å². The van der Waals surface area contributed by atoms with E-state index in [9.17, 15) is 22.0 Å². The molecule has 0 aliphatic heterocycles. The van der Waals surface area contributed by atoms with Crippen LogP contribution >= 0.6 is 0 Å². The lowest BCUT2D eigenvalue weighted by Crippen LogP contribution is -2.27. The van der Waals surface area contributed by atoms with Gasteiger partial charge >= 0.3 is 0 Å². The highest BCUT2D eigenvalue weighted by atomic mass is 19.2. The number of fused-ring (bicyclic) bond motifs is 1. The Bertz CT molecular complexity index is 1100. The molecule has 11 heteroatoms. The van der Waals surface area contributed by atoms with Crippen LogP contribution < -0.4 is 14.2 Å². The van der Waals surface area contributed by atoms with E-state index in [1.807, 2.05) is 13.8 Å². The highest BCUT2D eigenvalue weighted by Crippen LogP contribution is 2.38. The van der Waals surface area contributed by atoms with Crippen molar-refractivity contribution in [1.29, 1.82) is 0 Å². The van der Waals surface area contributed by atoms with Crippen LogP contribution in [0.5, 0.6) is 23.1 Å². The average Bonchev–Trinajstić information content (AvgIpc) is 2.81. The molecular weight excluding hydrogens is 437 g/mol. The molecule has 6 nitrogen and oxygen atoms in total. The lowest BCUT2D eigenvalue weighted by molar-refractivity contribution is 0.217. The third-order valence-electron chi connectivity index (χ3n) is 4.81. The number of halogens is 5. The summed E-state index contributed by atoms with van der Waals surface area (Å²) in [5, 5.41) is 0.115. The van der Waals surface area contributed by atoms with E-state index < -0.39 is 40.7 Å². The number of methoxy groups -OCH3 is 1. The molecule has 0 amide bonds. The summed E-state index contributed by atoms with van der Waals surface area (Å²) >= 11 is 0.